The van der Waals surface area contributed by atoms with Gasteiger partial charge in [0, 0.05) is 12.8 Å². The molecular formula is C13H18O2. The molecule has 0 fully saturated rings. The summed E-state index contributed by atoms with van der Waals surface area (Å²) in [5.74, 6) is 5.94. The molecule has 15 heavy (non-hydrogen) atoms. The zero-order chi connectivity index (χ0) is 10.9. The normalized spacial score (nSPS) is 14.9. The third-order valence-electron chi connectivity index (χ3n) is 2.51. The topological polar surface area (TPSA) is 26.3 Å². The Morgan fingerprint density at radius 2 is 2.33 bits per heavy atom. The van der Waals surface area contributed by atoms with Crippen molar-refractivity contribution in [1.82, 2.24) is 0 Å². The van der Waals surface area contributed by atoms with Crippen molar-refractivity contribution in [2.45, 2.75) is 44.9 Å². The molecule has 0 unspecified atom stereocenters. The predicted octanol–water partition coefficient (Wildman–Crippen LogP) is 2.83. The highest BCUT2D eigenvalue weighted by molar-refractivity contribution is 5.69. The Kier molecular flexibility index (Phi) is 5.62. The number of methoxy groups -OCH3 is 1. The van der Waals surface area contributed by atoms with Crippen molar-refractivity contribution in [2.24, 2.45) is 0 Å². The Bertz CT molecular complexity index is 291. The summed E-state index contributed by atoms with van der Waals surface area (Å²) in [4.78, 5) is 10.8. The van der Waals surface area contributed by atoms with Crippen LogP contribution in [0.4, 0.5) is 0 Å². The molecule has 0 aromatic heterocycles. The molecule has 2 nitrogen and oxygen atoms in total. The first-order chi connectivity index (χ1) is 7.33. The van der Waals surface area contributed by atoms with Crippen LogP contribution in [0.3, 0.4) is 0 Å². The molecule has 0 amide bonds. The number of carbonyl (C=O) groups excluding carboxylic acids is 1. The van der Waals surface area contributed by atoms with Crippen LogP contribution in [-0.2, 0) is 9.53 Å². The Balaban J connectivity index is 2.16. The molecule has 0 atom stereocenters. The van der Waals surface area contributed by atoms with Crippen LogP contribution in [0, 0.1) is 11.8 Å². The van der Waals surface area contributed by atoms with Crippen LogP contribution < -0.4 is 0 Å². The monoisotopic (exact) mass is 206 g/mol. The van der Waals surface area contributed by atoms with Gasteiger partial charge in [0.15, 0.2) is 0 Å². The van der Waals surface area contributed by atoms with E-state index in [-0.39, 0.29) is 5.97 Å². The summed E-state index contributed by atoms with van der Waals surface area (Å²) in [5, 5.41) is 0. The lowest BCUT2D eigenvalue weighted by Gasteiger charge is -2.08. The smallest absolute Gasteiger partial charge is 0.306 e. The van der Waals surface area contributed by atoms with Crippen LogP contribution in [-0.4, -0.2) is 13.1 Å². The first-order valence-electron chi connectivity index (χ1n) is 5.53. The number of hydrogen-bond donors (Lipinski definition) is 0. The Hall–Kier alpha value is -1.23. The highest BCUT2D eigenvalue weighted by atomic mass is 16.5. The molecule has 1 aliphatic carbocycles. The molecule has 1 aliphatic rings. The summed E-state index contributed by atoms with van der Waals surface area (Å²) in [7, 11) is 1.41. The van der Waals surface area contributed by atoms with Crippen molar-refractivity contribution in [3.63, 3.8) is 0 Å². The molecule has 82 valence electrons. The quantitative estimate of drug-likeness (QED) is 0.403. The van der Waals surface area contributed by atoms with Crippen LogP contribution >= 0.6 is 0 Å². The first kappa shape index (κ1) is 11.8. The molecular weight excluding hydrogens is 188 g/mol. The minimum Gasteiger partial charge on any atom is -0.469 e. The number of hydrogen-bond acceptors (Lipinski definition) is 2. The molecule has 0 radical (unpaired) electrons. The van der Waals surface area contributed by atoms with Gasteiger partial charge in [-0.05, 0) is 25.7 Å². The van der Waals surface area contributed by atoms with Crippen LogP contribution in [0.5, 0.6) is 0 Å². The van der Waals surface area contributed by atoms with Crippen molar-refractivity contribution in [2.75, 3.05) is 7.11 Å². The average molecular weight is 206 g/mol. The largest absolute Gasteiger partial charge is 0.469 e. The van der Waals surface area contributed by atoms with E-state index in [4.69, 9.17) is 0 Å². The maximum atomic E-state index is 10.8. The highest BCUT2D eigenvalue weighted by Gasteiger charge is 2.01. The minimum atomic E-state index is -0.179. The molecule has 0 aromatic rings. The van der Waals surface area contributed by atoms with Gasteiger partial charge in [0.2, 0.25) is 0 Å². The molecule has 0 bridgehead atoms. The number of esters is 1. The van der Waals surface area contributed by atoms with Crippen molar-refractivity contribution in [3.8, 4) is 11.8 Å². The second-order valence-electron chi connectivity index (χ2n) is 3.71. The van der Waals surface area contributed by atoms with Gasteiger partial charge in [-0.1, -0.05) is 17.6 Å². The van der Waals surface area contributed by atoms with Crippen LogP contribution in [0.15, 0.2) is 11.6 Å². The van der Waals surface area contributed by atoms with E-state index in [1.165, 1.54) is 38.4 Å². The average Bonchev–Trinajstić information content (AvgIpc) is 2.29. The van der Waals surface area contributed by atoms with E-state index in [9.17, 15) is 4.79 Å². The minimum absolute atomic E-state index is 0.179. The standard InChI is InChI=1S/C13H18O2/c1-15-13(14)11-7-3-6-10-12-8-4-2-5-9-12/h8H,2,4-5,7,9-11H2,1H3. The molecule has 0 aromatic carbocycles. The Morgan fingerprint density at radius 1 is 1.47 bits per heavy atom. The highest BCUT2D eigenvalue weighted by Crippen LogP contribution is 2.19. The molecule has 0 aliphatic heterocycles. The Labute approximate surface area is 91.7 Å². The van der Waals surface area contributed by atoms with Crippen molar-refractivity contribution in [1.29, 1.82) is 0 Å². The summed E-state index contributed by atoms with van der Waals surface area (Å²) in [5.41, 5.74) is 1.46. The van der Waals surface area contributed by atoms with Gasteiger partial charge in [0.05, 0.1) is 13.5 Å². The van der Waals surface area contributed by atoms with E-state index in [0.717, 1.165) is 6.42 Å². The lowest BCUT2D eigenvalue weighted by Crippen LogP contribution is -1.98. The lowest BCUT2D eigenvalue weighted by atomic mass is 9.97. The zero-order valence-corrected chi connectivity index (χ0v) is 9.34. The van der Waals surface area contributed by atoms with E-state index in [1.807, 2.05) is 0 Å². The Morgan fingerprint density at radius 3 is 3.00 bits per heavy atom. The molecule has 2 heteroatoms. The third kappa shape index (κ3) is 5.27. The van der Waals surface area contributed by atoms with Gasteiger partial charge in [-0.3, -0.25) is 4.79 Å². The molecule has 0 saturated heterocycles. The van der Waals surface area contributed by atoms with Gasteiger partial charge in [0.1, 0.15) is 0 Å². The van der Waals surface area contributed by atoms with E-state index < -0.39 is 0 Å². The predicted molar refractivity (Wildman–Crippen MR) is 60.2 cm³/mol. The van der Waals surface area contributed by atoms with Crippen LogP contribution in [0.1, 0.15) is 44.9 Å². The van der Waals surface area contributed by atoms with E-state index in [0.29, 0.717) is 12.8 Å². The second kappa shape index (κ2) is 7.11. The molecule has 0 spiro atoms. The fourth-order valence-corrected chi connectivity index (χ4v) is 1.60. The third-order valence-corrected chi connectivity index (χ3v) is 2.51. The maximum absolute atomic E-state index is 10.8. The van der Waals surface area contributed by atoms with E-state index in [1.54, 1.807) is 0 Å². The van der Waals surface area contributed by atoms with Gasteiger partial charge in [0.25, 0.3) is 0 Å². The molecule has 0 heterocycles. The summed E-state index contributed by atoms with van der Waals surface area (Å²) in [6, 6.07) is 0. The van der Waals surface area contributed by atoms with Crippen LogP contribution in [0.25, 0.3) is 0 Å². The maximum Gasteiger partial charge on any atom is 0.306 e. The van der Waals surface area contributed by atoms with Crippen molar-refractivity contribution in [3.05, 3.63) is 11.6 Å². The zero-order valence-electron chi connectivity index (χ0n) is 9.34. The number of rotatable bonds is 3. The van der Waals surface area contributed by atoms with Crippen molar-refractivity contribution >= 4 is 5.97 Å². The fourth-order valence-electron chi connectivity index (χ4n) is 1.60. The lowest BCUT2D eigenvalue weighted by molar-refractivity contribution is -0.140. The van der Waals surface area contributed by atoms with Crippen LogP contribution in [0.2, 0.25) is 0 Å². The number of allylic oxidation sites excluding steroid dienone is 2. The molecule has 0 saturated carbocycles. The summed E-state index contributed by atoms with van der Waals surface area (Å²) in [6.45, 7) is 0. The van der Waals surface area contributed by atoms with Gasteiger partial charge >= 0.3 is 5.97 Å². The number of carbonyl (C=O) groups is 1. The number of ether oxygens (including phenoxy) is 1. The van der Waals surface area contributed by atoms with Gasteiger partial charge < -0.3 is 4.74 Å². The van der Waals surface area contributed by atoms with Gasteiger partial charge in [-0.15, -0.1) is 5.92 Å². The van der Waals surface area contributed by atoms with Crippen molar-refractivity contribution < 1.29 is 9.53 Å². The fraction of sp³-hybridized carbons (Fsp3) is 0.615. The second-order valence-corrected chi connectivity index (χ2v) is 3.71. The summed E-state index contributed by atoms with van der Waals surface area (Å²) < 4.78 is 4.53. The molecule has 0 N–H and O–H groups in total. The van der Waals surface area contributed by atoms with Gasteiger partial charge in [-0.25, -0.2) is 0 Å². The first-order valence-corrected chi connectivity index (χ1v) is 5.53. The molecule has 1 rings (SSSR count). The summed E-state index contributed by atoms with van der Waals surface area (Å²) in [6.07, 6.45) is 9.22. The van der Waals surface area contributed by atoms with E-state index in [2.05, 4.69) is 22.7 Å². The SMILES string of the molecule is COC(=O)CCC#CCC1=CCCCC1. The van der Waals surface area contributed by atoms with E-state index >= 15 is 0 Å². The summed E-state index contributed by atoms with van der Waals surface area (Å²) >= 11 is 0. The van der Waals surface area contributed by atoms with Gasteiger partial charge in [-0.2, -0.15) is 0 Å².